The number of carbonyl (C=O) groups excluding carboxylic acids is 1. The Bertz CT molecular complexity index is 561. The minimum absolute atomic E-state index is 0. The van der Waals surface area contributed by atoms with Crippen LogP contribution in [-0.4, -0.2) is 5.97 Å². The Hall–Kier alpha value is -0.584. The molecule has 3 atom stereocenters. The van der Waals surface area contributed by atoms with Crippen LogP contribution in [0, 0.1) is 26.2 Å². The molecule has 2 nitrogen and oxygen atoms in total. The van der Waals surface area contributed by atoms with Crippen LogP contribution in [0.2, 0.25) is 0 Å². The Morgan fingerprint density at radius 3 is 2.56 bits per heavy atom. The molecule has 1 aromatic carbocycles. The minimum Gasteiger partial charge on any atom is -0.454 e. The van der Waals surface area contributed by atoms with E-state index in [4.69, 9.17) is 4.74 Å². The largest absolute Gasteiger partial charge is 1.00 e. The maximum absolute atomic E-state index is 11.9. The van der Waals surface area contributed by atoms with E-state index in [1.54, 1.807) is 6.92 Å². The summed E-state index contributed by atoms with van der Waals surface area (Å²) in [5.74, 6) is -0.142. The van der Waals surface area contributed by atoms with E-state index in [2.05, 4.69) is 57.4 Å². The summed E-state index contributed by atoms with van der Waals surface area (Å²) in [4.78, 5) is 11.9. The van der Waals surface area contributed by atoms with Gasteiger partial charge in [0.25, 0.3) is 0 Å². The Morgan fingerprint density at radius 2 is 1.92 bits per heavy atom. The van der Waals surface area contributed by atoms with Crippen molar-refractivity contribution < 1.29 is 60.9 Å². The molecule has 0 spiro atoms. The number of allylic oxidation sites excluding steroid dienone is 3. The van der Waals surface area contributed by atoms with Crippen molar-refractivity contribution in [1.29, 1.82) is 0 Å². The molecule has 25 heavy (non-hydrogen) atoms. The third-order valence-electron chi connectivity index (χ3n) is 3.64. The molecule has 0 bridgehead atoms. The van der Waals surface area contributed by atoms with Crippen molar-refractivity contribution in [3.63, 3.8) is 0 Å². The molecule has 0 heterocycles. The number of esters is 1. The summed E-state index contributed by atoms with van der Waals surface area (Å²) in [6.07, 6.45) is 9.77. The van der Waals surface area contributed by atoms with E-state index in [-0.39, 0.29) is 76.8 Å². The van der Waals surface area contributed by atoms with Gasteiger partial charge in [0.2, 0.25) is 0 Å². The molecule has 0 N–H and O–H groups in total. The number of ether oxygens (including phenoxy) is 1. The third kappa shape index (κ3) is 9.07. The maximum Gasteiger partial charge on any atom is 1.00 e. The zero-order valence-electron chi connectivity index (χ0n) is 16.2. The van der Waals surface area contributed by atoms with Gasteiger partial charge < -0.3 is 12.2 Å². The van der Waals surface area contributed by atoms with Crippen LogP contribution in [-0.2, 0) is 16.0 Å². The van der Waals surface area contributed by atoms with Crippen molar-refractivity contribution >= 4 is 5.97 Å². The molecule has 0 saturated heterocycles. The Kier molecular flexibility index (Phi) is 15.5. The number of fused-ring (bicyclic) bond motifs is 1. The summed E-state index contributed by atoms with van der Waals surface area (Å²) < 4.78 is 5.67. The summed E-state index contributed by atoms with van der Waals surface area (Å²) in [7, 11) is 0. The summed E-state index contributed by atoms with van der Waals surface area (Å²) in [5, 5.41) is 0. The van der Waals surface area contributed by atoms with E-state index in [1.807, 2.05) is 18.2 Å². The fourth-order valence-electron chi connectivity index (χ4n) is 2.48. The molecule has 0 radical (unpaired) electrons. The zero-order valence-corrected chi connectivity index (χ0v) is 19.3. The Labute approximate surface area is 196 Å². The molecule has 0 amide bonds. The number of hydrogen-bond acceptors (Lipinski definition) is 2. The second-order valence-electron chi connectivity index (χ2n) is 5.76. The molecule has 0 aromatic heterocycles. The van der Waals surface area contributed by atoms with Crippen LogP contribution in [0.4, 0.5) is 0 Å². The van der Waals surface area contributed by atoms with Crippen LogP contribution in [0.15, 0.2) is 61.7 Å². The van der Waals surface area contributed by atoms with Crippen molar-refractivity contribution in [2.75, 3.05) is 0 Å². The Morgan fingerprint density at radius 1 is 1.28 bits per heavy atom. The van der Waals surface area contributed by atoms with E-state index < -0.39 is 0 Å². The van der Waals surface area contributed by atoms with Crippen molar-refractivity contribution in [3.8, 4) is 0 Å². The van der Waals surface area contributed by atoms with Crippen LogP contribution in [0.25, 0.3) is 0 Å². The zero-order chi connectivity index (χ0) is 17.2. The van der Waals surface area contributed by atoms with E-state index in [0.29, 0.717) is 12.3 Å². The first-order valence-electron chi connectivity index (χ1n) is 8.02. The van der Waals surface area contributed by atoms with E-state index in [1.165, 1.54) is 5.56 Å². The summed E-state index contributed by atoms with van der Waals surface area (Å²) >= 11 is 0. The molecule has 1 aromatic rings. The SMILES string of the molecule is C=C.[CH2+]C(C)C(=O)OC1C/C=C\C=C/C(C)Cc2ccccc21.[CH3-].[K+]. The molecule has 3 unspecified atom stereocenters. The number of benzene rings is 1. The van der Waals surface area contributed by atoms with Crippen LogP contribution < -0.4 is 51.4 Å². The molecule has 0 saturated carbocycles. The van der Waals surface area contributed by atoms with Gasteiger partial charge in [-0.1, -0.05) is 55.5 Å². The first-order valence-corrected chi connectivity index (χ1v) is 8.02. The molecule has 2 rings (SSSR count). The van der Waals surface area contributed by atoms with E-state index in [0.717, 1.165) is 12.0 Å². The standard InChI is InChI=1S/C19H23O2.C2H4.CH3.K/c1-14(2)19(20)21-18-12-6-4-5-9-15(3)13-16-10-7-8-11-17(16)18;1-2;;/h4-11,14-15,18H,1,12-13H2,2-3H3;1-2H2;1H3;/q+1;;-1;+1/b6-4-,9-5-;;;. The van der Waals surface area contributed by atoms with Crippen molar-refractivity contribution in [1.82, 2.24) is 0 Å². The van der Waals surface area contributed by atoms with Crippen LogP contribution >= 0.6 is 0 Å². The van der Waals surface area contributed by atoms with Gasteiger partial charge in [-0.3, -0.25) is 0 Å². The fourth-order valence-corrected chi connectivity index (χ4v) is 2.48. The van der Waals surface area contributed by atoms with Gasteiger partial charge in [0, 0.05) is 6.42 Å². The molecule has 1 aliphatic carbocycles. The molecule has 130 valence electrons. The smallest absolute Gasteiger partial charge is 0.454 e. The molecule has 3 heteroatoms. The van der Waals surface area contributed by atoms with Gasteiger partial charge in [0.1, 0.15) is 6.10 Å². The van der Waals surface area contributed by atoms with Crippen LogP contribution in [0.3, 0.4) is 0 Å². The number of rotatable bonds is 2. The average Bonchev–Trinajstić information content (AvgIpc) is 2.55. The molecular formula is C22H30KO2+. The molecule has 0 aliphatic heterocycles. The monoisotopic (exact) mass is 365 g/mol. The quantitative estimate of drug-likeness (QED) is 0.349. The van der Waals surface area contributed by atoms with Gasteiger partial charge in [0.05, 0.1) is 6.92 Å². The van der Waals surface area contributed by atoms with Gasteiger partial charge in [-0.05, 0) is 30.4 Å². The topological polar surface area (TPSA) is 26.3 Å². The van der Waals surface area contributed by atoms with Crippen molar-refractivity contribution in [2.24, 2.45) is 11.8 Å². The Balaban J connectivity index is 0. The second-order valence-corrected chi connectivity index (χ2v) is 5.76. The fraction of sp³-hybridized carbons (Fsp3) is 0.318. The third-order valence-corrected chi connectivity index (χ3v) is 3.64. The van der Waals surface area contributed by atoms with E-state index in [9.17, 15) is 4.79 Å². The predicted octanol–water partition coefficient (Wildman–Crippen LogP) is 2.69. The van der Waals surface area contributed by atoms with Crippen molar-refractivity contribution in [3.05, 3.63) is 87.2 Å². The van der Waals surface area contributed by atoms with E-state index >= 15 is 0 Å². The normalized spacial score (nSPS) is 22.2. The summed E-state index contributed by atoms with van der Waals surface area (Å²) in [6, 6.07) is 8.23. The van der Waals surface area contributed by atoms with Crippen LogP contribution in [0.5, 0.6) is 0 Å². The second kappa shape index (κ2) is 14.6. The molecular weight excluding hydrogens is 335 g/mol. The molecule has 0 fully saturated rings. The van der Waals surface area contributed by atoms with Crippen molar-refractivity contribution in [2.45, 2.75) is 32.8 Å². The first kappa shape index (κ1) is 26.6. The summed E-state index contributed by atoms with van der Waals surface area (Å²) in [6.45, 7) is 13.7. The van der Waals surface area contributed by atoms with Gasteiger partial charge in [-0.15, -0.1) is 13.2 Å². The average molecular weight is 366 g/mol. The summed E-state index contributed by atoms with van der Waals surface area (Å²) in [5.41, 5.74) is 2.36. The molecule has 1 aliphatic rings. The minimum atomic E-state index is -0.352. The van der Waals surface area contributed by atoms with Gasteiger partial charge >= 0.3 is 57.4 Å². The first-order chi connectivity index (χ1) is 11.1. The predicted molar refractivity (Wildman–Crippen MR) is 103 cm³/mol. The van der Waals surface area contributed by atoms with Gasteiger partial charge in [-0.25, -0.2) is 4.79 Å². The van der Waals surface area contributed by atoms with Crippen LogP contribution in [0.1, 0.15) is 37.5 Å². The van der Waals surface area contributed by atoms with Gasteiger partial charge in [-0.2, -0.15) is 0 Å². The number of carbonyl (C=O) groups is 1. The maximum atomic E-state index is 11.9. The number of hydrogen-bond donors (Lipinski definition) is 0. The van der Waals surface area contributed by atoms with Gasteiger partial charge in [0.15, 0.2) is 5.92 Å².